The number of hydrogen-bond acceptors (Lipinski definition) is 5. The summed E-state index contributed by atoms with van der Waals surface area (Å²) in [4.78, 5) is 10.7. The van der Waals surface area contributed by atoms with Gasteiger partial charge >= 0.3 is 5.69 Å². The van der Waals surface area contributed by atoms with Crippen LogP contribution in [0.4, 0.5) is 5.69 Å². The van der Waals surface area contributed by atoms with E-state index in [0.717, 1.165) is 9.87 Å². The van der Waals surface area contributed by atoms with E-state index in [2.05, 4.69) is 0 Å². The van der Waals surface area contributed by atoms with Crippen molar-refractivity contribution >= 4 is 15.7 Å². The van der Waals surface area contributed by atoms with Crippen molar-refractivity contribution in [1.82, 2.24) is 4.31 Å². The summed E-state index contributed by atoms with van der Waals surface area (Å²) in [6, 6.07) is 10.3. The summed E-state index contributed by atoms with van der Waals surface area (Å²) in [7, 11) is -0.644. The zero-order chi connectivity index (χ0) is 17.2. The quantitative estimate of drug-likeness (QED) is 0.618. The molecule has 0 saturated heterocycles. The highest BCUT2D eigenvalue weighted by Crippen LogP contribution is 2.32. The lowest BCUT2D eigenvalue weighted by Gasteiger charge is -2.12. The Kier molecular flexibility index (Phi) is 4.67. The fourth-order valence-corrected chi connectivity index (χ4v) is 2.78. The Balaban J connectivity index is 2.31. The van der Waals surface area contributed by atoms with Crippen LogP contribution < -0.4 is 4.74 Å². The minimum Gasteiger partial charge on any atom is -0.450 e. The molecule has 0 radical (unpaired) electrons. The van der Waals surface area contributed by atoms with Crippen molar-refractivity contribution < 1.29 is 18.1 Å². The minimum absolute atomic E-state index is 0.101. The highest BCUT2D eigenvalue weighted by atomic mass is 32.2. The Hall–Kier alpha value is -2.45. The fourth-order valence-electron chi connectivity index (χ4n) is 1.87. The molecule has 0 aliphatic heterocycles. The molecule has 122 valence electrons. The van der Waals surface area contributed by atoms with E-state index in [1.54, 1.807) is 13.0 Å². The van der Waals surface area contributed by atoms with E-state index < -0.39 is 14.9 Å². The number of benzene rings is 2. The molecule has 2 rings (SSSR count). The van der Waals surface area contributed by atoms with Crippen molar-refractivity contribution in [3.05, 3.63) is 58.1 Å². The molecule has 0 aliphatic carbocycles. The highest BCUT2D eigenvalue weighted by Gasteiger charge is 2.18. The van der Waals surface area contributed by atoms with Crippen LogP contribution in [0.3, 0.4) is 0 Å². The van der Waals surface area contributed by atoms with Gasteiger partial charge < -0.3 is 4.74 Å². The molecule has 8 heteroatoms. The van der Waals surface area contributed by atoms with Crippen LogP contribution in [0, 0.1) is 17.0 Å². The highest BCUT2D eigenvalue weighted by molar-refractivity contribution is 7.89. The summed E-state index contributed by atoms with van der Waals surface area (Å²) < 4.78 is 30.6. The number of sulfonamides is 1. The Labute approximate surface area is 134 Å². The molecule has 0 aromatic heterocycles. The Morgan fingerprint density at radius 2 is 1.70 bits per heavy atom. The third-order valence-electron chi connectivity index (χ3n) is 3.14. The van der Waals surface area contributed by atoms with Crippen LogP contribution in [0.25, 0.3) is 0 Å². The van der Waals surface area contributed by atoms with Crippen molar-refractivity contribution in [3.8, 4) is 11.5 Å². The first-order chi connectivity index (χ1) is 10.7. The molecule has 7 nitrogen and oxygen atoms in total. The van der Waals surface area contributed by atoms with Gasteiger partial charge in [-0.05, 0) is 42.8 Å². The SMILES string of the molecule is Cc1ccc(Oc2ccc(S(=O)(=O)N(C)C)cc2)c([N+](=O)[O-])c1. The lowest BCUT2D eigenvalue weighted by Crippen LogP contribution is -2.22. The average molecular weight is 336 g/mol. The summed E-state index contributed by atoms with van der Waals surface area (Å²) >= 11 is 0. The van der Waals surface area contributed by atoms with Crippen LogP contribution in [0.1, 0.15) is 5.56 Å². The van der Waals surface area contributed by atoms with Crippen LogP contribution in [0.5, 0.6) is 11.5 Å². The van der Waals surface area contributed by atoms with Gasteiger partial charge in [-0.3, -0.25) is 10.1 Å². The maximum atomic E-state index is 12.0. The number of aryl methyl sites for hydroxylation is 1. The molecule has 0 amide bonds. The monoisotopic (exact) mass is 336 g/mol. The second-order valence-electron chi connectivity index (χ2n) is 5.09. The zero-order valence-corrected chi connectivity index (χ0v) is 13.7. The lowest BCUT2D eigenvalue weighted by atomic mass is 10.2. The van der Waals surface area contributed by atoms with Gasteiger partial charge in [-0.15, -0.1) is 0 Å². The molecule has 0 aliphatic rings. The van der Waals surface area contributed by atoms with E-state index in [0.29, 0.717) is 5.75 Å². The molecule has 0 N–H and O–H groups in total. The van der Waals surface area contributed by atoms with Gasteiger partial charge in [0, 0.05) is 20.2 Å². The normalized spacial score (nSPS) is 11.5. The van der Waals surface area contributed by atoms with Gasteiger partial charge in [0.25, 0.3) is 0 Å². The maximum Gasteiger partial charge on any atom is 0.311 e. The number of nitro groups is 1. The number of rotatable bonds is 5. The summed E-state index contributed by atoms with van der Waals surface area (Å²) in [6.45, 7) is 1.75. The van der Waals surface area contributed by atoms with Crippen LogP contribution in [0.2, 0.25) is 0 Å². The van der Waals surface area contributed by atoms with Gasteiger partial charge in [0.05, 0.1) is 9.82 Å². The van der Waals surface area contributed by atoms with Crippen LogP contribution in [0.15, 0.2) is 47.4 Å². The van der Waals surface area contributed by atoms with Crippen molar-refractivity contribution in [2.45, 2.75) is 11.8 Å². The Bertz CT molecular complexity index is 829. The standard InChI is InChI=1S/C15H16N2O5S/c1-11-4-9-15(14(10-11)17(18)19)22-12-5-7-13(8-6-12)23(20,21)16(2)3/h4-10H,1-3H3. The van der Waals surface area contributed by atoms with E-state index in [1.807, 2.05) is 0 Å². The second-order valence-corrected chi connectivity index (χ2v) is 7.24. The van der Waals surface area contributed by atoms with Gasteiger partial charge in [-0.25, -0.2) is 12.7 Å². The molecule has 0 heterocycles. The zero-order valence-electron chi connectivity index (χ0n) is 12.9. The van der Waals surface area contributed by atoms with E-state index in [-0.39, 0.29) is 16.3 Å². The molecule has 23 heavy (non-hydrogen) atoms. The van der Waals surface area contributed by atoms with Gasteiger partial charge in [0.1, 0.15) is 5.75 Å². The number of ether oxygens (including phenoxy) is 1. The summed E-state index contributed by atoms with van der Waals surface area (Å²) in [5.74, 6) is 0.415. The van der Waals surface area contributed by atoms with Crippen molar-refractivity contribution in [3.63, 3.8) is 0 Å². The molecule has 2 aromatic rings. The molecule has 0 fully saturated rings. The first kappa shape index (κ1) is 16.9. The number of nitro benzene ring substituents is 1. The third-order valence-corrected chi connectivity index (χ3v) is 4.97. The molecule has 2 aromatic carbocycles. The summed E-state index contributed by atoms with van der Waals surface area (Å²) in [5, 5.41) is 11.1. The maximum absolute atomic E-state index is 12.0. The van der Waals surface area contributed by atoms with Crippen molar-refractivity contribution in [1.29, 1.82) is 0 Å². The molecular formula is C15H16N2O5S. The smallest absolute Gasteiger partial charge is 0.311 e. The first-order valence-corrected chi connectivity index (χ1v) is 8.11. The van der Waals surface area contributed by atoms with Gasteiger partial charge in [-0.2, -0.15) is 0 Å². The predicted molar refractivity (Wildman–Crippen MR) is 85.2 cm³/mol. The molecule has 0 spiro atoms. The third kappa shape index (κ3) is 3.66. The van der Waals surface area contributed by atoms with Gasteiger partial charge in [0.2, 0.25) is 15.8 Å². The minimum atomic E-state index is -3.52. The topological polar surface area (TPSA) is 89.8 Å². The molecule has 0 atom stereocenters. The average Bonchev–Trinajstić information content (AvgIpc) is 2.49. The van der Waals surface area contributed by atoms with E-state index in [1.165, 1.54) is 50.5 Å². The Morgan fingerprint density at radius 1 is 1.09 bits per heavy atom. The van der Waals surface area contributed by atoms with Gasteiger partial charge in [-0.1, -0.05) is 6.07 Å². The van der Waals surface area contributed by atoms with Crippen LogP contribution in [-0.4, -0.2) is 31.7 Å². The van der Waals surface area contributed by atoms with Crippen molar-refractivity contribution in [2.75, 3.05) is 14.1 Å². The van der Waals surface area contributed by atoms with E-state index in [9.17, 15) is 18.5 Å². The van der Waals surface area contributed by atoms with Crippen molar-refractivity contribution in [2.24, 2.45) is 0 Å². The fraction of sp³-hybridized carbons (Fsp3) is 0.200. The number of hydrogen-bond donors (Lipinski definition) is 0. The molecule has 0 unspecified atom stereocenters. The van der Waals surface area contributed by atoms with E-state index in [4.69, 9.17) is 4.74 Å². The predicted octanol–water partition coefficient (Wildman–Crippen LogP) is 2.95. The van der Waals surface area contributed by atoms with E-state index >= 15 is 0 Å². The molecule has 0 bridgehead atoms. The number of nitrogens with zero attached hydrogens (tertiary/aromatic N) is 2. The van der Waals surface area contributed by atoms with Crippen LogP contribution >= 0.6 is 0 Å². The second kappa shape index (κ2) is 6.35. The largest absolute Gasteiger partial charge is 0.450 e. The summed E-state index contributed by atoms with van der Waals surface area (Å²) in [5.41, 5.74) is 0.603. The lowest BCUT2D eigenvalue weighted by molar-refractivity contribution is -0.385. The summed E-state index contributed by atoms with van der Waals surface area (Å²) in [6.07, 6.45) is 0. The molecule has 0 saturated carbocycles. The first-order valence-electron chi connectivity index (χ1n) is 6.67. The Morgan fingerprint density at radius 3 is 2.22 bits per heavy atom. The van der Waals surface area contributed by atoms with Gasteiger partial charge in [0.15, 0.2) is 0 Å². The van der Waals surface area contributed by atoms with Crippen LogP contribution in [-0.2, 0) is 10.0 Å². The molecular weight excluding hydrogens is 320 g/mol.